The summed E-state index contributed by atoms with van der Waals surface area (Å²) in [6.07, 6.45) is 0.712. The summed E-state index contributed by atoms with van der Waals surface area (Å²) < 4.78 is 19.2. The van der Waals surface area contributed by atoms with Crippen molar-refractivity contribution < 1.29 is 23.8 Å². The molecule has 2 amide bonds. The van der Waals surface area contributed by atoms with E-state index < -0.39 is 6.04 Å². The molecule has 2 heterocycles. The Morgan fingerprint density at radius 1 is 0.875 bits per heavy atom. The van der Waals surface area contributed by atoms with E-state index in [0.717, 1.165) is 50.4 Å². The lowest BCUT2D eigenvalue weighted by molar-refractivity contribution is -0.134. The molecule has 5 rings (SSSR count). The first-order valence-corrected chi connectivity index (χ1v) is 13.7. The van der Waals surface area contributed by atoms with Gasteiger partial charge in [-0.2, -0.15) is 0 Å². The number of phenolic OH excluding ortho intramolecular Hbond substituents is 1. The molecule has 1 atom stereocenters. The normalized spacial score (nSPS) is 18.5. The molecule has 40 heavy (non-hydrogen) atoms. The van der Waals surface area contributed by atoms with Gasteiger partial charge >= 0.3 is 0 Å². The average Bonchev–Trinajstić information content (AvgIpc) is 2.95. The number of imide groups is 1. The molecule has 3 aromatic rings. The third-order valence-corrected chi connectivity index (χ3v) is 7.48. The van der Waals surface area contributed by atoms with Crippen LogP contribution in [0.15, 0.2) is 66.7 Å². The Balaban J connectivity index is 1.09. The van der Waals surface area contributed by atoms with Crippen molar-refractivity contribution in [3.05, 3.63) is 94.8 Å². The molecule has 2 aliphatic rings. The molecule has 0 aliphatic carbocycles. The number of carbonyl (C=O) groups is 2. The van der Waals surface area contributed by atoms with Gasteiger partial charge in [0.15, 0.2) is 0 Å². The van der Waals surface area contributed by atoms with Crippen LogP contribution in [-0.2, 0) is 35.8 Å². The maximum absolute atomic E-state index is 13.1. The van der Waals surface area contributed by atoms with Crippen molar-refractivity contribution in [2.75, 3.05) is 26.2 Å². The molecular weight excluding hydrogens is 511 g/mol. The molecule has 9 heteroatoms. The van der Waals surface area contributed by atoms with Crippen molar-refractivity contribution in [1.29, 1.82) is 0 Å². The zero-order valence-corrected chi connectivity index (χ0v) is 22.4. The van der Waals surface area contributed by atoms with Crippen LogP contribution in [-0.4, -0.2) is 58.9 Å². The maximum atomic E-state index is 13.1. The number of halogens is 1. The fraction of sp³-hybridized carbons (Fsp3) is 0.355. The summed E-state index contributed by atoms with van der Waals surface area (Å²) in [5, 5.41) is 15.9. The van der Waals surface area contributed by atoms with Gasteiger partial charge < -0.3 is 15.2 Å². The lowest BCUT2D eigenvalue weighted by atomic mass is 10.1. The van der Waals surface area contributed by atoms with E-state index in [9.17, 15) is 19.1 Å². The number of piperidine rings is 1. The Bertz CT molecular complexity index is 1310. The van der Waals surface area contributed by atoms with Crippen molar-refractivity contribution in [3.8, 4) is 11.5 Å². The largest absolute Gasteiger partial charge is 0.507 e. The van der Waals surface area contributed by atoms with Crippen molar-refractivity contribution in [2.45, 2.75) is 45.1 Å². The molecule has 1 unspecified atom stereocenters. The van der Waals surface area contributed by atoms with Crippen LogP contribution in [0.3, 0.4) is 0 Å². The van der Waals surface area contributed by atoms with E-state index in [1.54, 1.807) is 18.2 Å². The molecule has 210 valence electrons. The first kappa shape index (κ1) is 27.8. The number of piperazine rings is 1. The van der Waals surface area contributed by atoms with E-state index in [-0.39, 0.29) is 36.3 Å². The third kappa shape index (κ3) is 7.44. The number of hydrogen-bond acceptors (Lipinski definition) is 7. The number of amides is 2. The summed E-state index contributed by atoms with van der Waals surface area (Å²) in [4.78, 5) is 28.3. The van der Waals surface area contributed by atoms with Crippen molar-refractivity contribution in [2.24, 2.45) is 0 Å². The number of nitrogens with zero attached hydrogens (tertiary/aromatic N) is 2. The first-order valence-electron chi connectivity index (χ1n) is 13.7. The Morgan fingerprint density at radius 2 is 1.48 bits per heavy atom. The highest BCUT2D eigenvalue weighted by Crippen LogP contribution is 2.28. The smallest absolute Gasteiger partial charge is 0.243 e. The maximum Gasteiger partial charge on any atom is 0.243 e. The minimum absolute atomic E-state index is 0.0883. The van der Waals surface area contributed by atoms with Crippen molar-refractivity contribution in [3.63, 3.8) is 0 Å². The molecular formula is C31H35FN4O4. The second kappa shape index (κ2) is 13.0. The number of nitrogens with one attached hydrogen (secondary N) is 2. The van der Waals surface area contributed by atoms with Gasteiger partial charge in [-0.15, -0.1) is 0 Å². The highest BCUT2D eigenvalue weighted by atomic mass is 19.1. The van der Waals surface area contributed by atoms with Gasteiger partial charge in [0.1, 0.15) is 23.9 Å². The van der Waals surface area contributed by atoms with E-state index in [1.807, 2.05) is 12.1 Å². The fourth-order valence-corrected chi connectivity index (χ4v) is 5.09. The zero-order valence-electron chi connectivity index (χ0n) is 22.4. The van der Waals surface area contributed by atoms with Crippen molar-refractivity contribution >= 4 is 11.8 Å². The molecule has 2 aliphatic heterocycles. The van der Waals surface area contributed by atoms with Crippen LogP contribution >= 0.6 is 0 Å². The number of phenols is 1. The highest BCUT2D eigenvalue weighted by Gasteiger charge is 2.26. The third-order valence-electron chi connectivity index (χ3n) is 7.48. The number of benzene rings is 3. The first-order chi connectivity index (χ1) is 19.4. The van der Waals surface area contributed by atoms with E-state index in [1.165, 1.54) is 17.7 Å². The molecule has 0 radical (unpaired) electrons. The quantitative estimate of drug-likeness (QED) is 0.336. The summed E-state index contributed by atoms with van der Waals surface area (Å²) in [6.45, 7) is 6.24. The summed E-state index contributed by atoms with van der Waals surface area (Å²) in [7, 11) is 0. The molecule has 3 aromatic carbocycles. The Hall–Kier alpha value is -3.79. The van der Waals surface area contributed by atoms with Crippen LogP contribution < -0.4 is 15.4 Å². The Labute approximate surface area is 233 Å². The SMILES string of the molecule is O=C1CCC(NCc2c(O)cccc2OCc2ccc(CN3CCN(Cc4ccc(F)cc4)CC3)cc2)C(=O)N1. The predicted octanol–water partition coefficient (Wildman–Crippen LogP) is 3.32. The van der Waals surface area contributed by atoms with Crippen LogP contribution in [0.25, 0.3) is 0 Å². The molecule has 3 N–H and O–H groups in total. The van der Waals surface area contributed by atoms with Gasteiger partial charge in [0.2, 0.25) is 11.8 Å². The predicted molar refractivity (Wildman–Crippen MR) is 149 cm³/mol. The summed E-state index contributed by atoms with van der Waals surface area (Å²) in [6, 6.07) is 19.7. The van der Waals surface area contributed by atoms with Gasteiger partial charge in [0.25, 0.3) is 0 Å². The van der Waals surface area contributed by atoms with Crippen LogP contribution in [0.5, 0.6) is 11.5 Å². The number of aromatic hydroxyl groups is 1. The van der Waals surface area contributed by atoms with Gasteiger partial charge in [-0.05, 0) is 47.4 Å². The standard InChI is InChI=1S/C31H35FN4O4/c32-25-10-8-23(9-11-25)20-36-16-14-35(15-17-36)19-22-4-6-24(7-5-22)21-40-29-3-1-2-28(37)26(29)18-33-27-12-13-30(38)34-31(27)39/h1-11,27,33,37H,12-21H2,(H,34,38,39). The number of rotatable bonds is 10. The lowest BCUT2D eigenvalue weighted by Gasteiger charge is -2.34. The molecule has 0 spiro atoms. The zero-order chi connectivity index (χ0) is 27.9. The number of ether oxygens (including phenoxy) is 1. The molecule has 2 fully saturated rings. The van der Waals surface area contributed by atoms with E-state index in [4.69, 9.17) is 4.74 Å². The van der Waals surface area contributed by atoms with E-state index in [2.05, 4.69) is 44.7 Å². The average molecular weight is 547 g/mol. The highest BCUT2D eigenvalue weighted by molar-refractivity contribution is 6.00. The van der Waals surface area contributed by atoms with Crippen molar-refractivity contribution in [1.82, 2.24) is 20.4 Å². The van der Waals surface area contributed by atoms with E-state index >= 15 is 0 Å². The number of carbonyl (C=O) groups excluding carboxylic acids is 2. The second-order valence-corrected chi connectivity index (χ2v) is 10.4. The molecule has 2 saturated heterocycles. The van der Waals surface area contributed by atoms with Crippen LogP contribution in [0.1, 0.15) is 35.1 Å². The van der Waals surface area contributed by atoms with Gasteiger partial charge in [-0.3, -0.25) is 24.7 Å². The summed E-state index contributed by atoms with van der Waals surface area (Å²) in [5.74, 6) is -0.176. The summed E-state index contributed by atoms with van der Waals surface area (Å²) in [5.41, 5.74) is 3.96. The lowest BCUT2D eigenvalue weighted by Crippen LogP contribution is -2.50. The fourth-order valence-electron chi connectivity index (χ4n) is 5.09. The summed E-state index contributed by atoms with van der Waals surface area (Å²) >= 11 is 0. The molecule has 0 bridgehead atoms. The van der Waals surface area contributed by atoms with Gasteiger partial charge in [0, 0.05) is 57.8 Å². The Morgan fingerprint density at radius 3 is 2.10 bits per heavy atom. The minimum Gasteiger partial charge on any atom is -0.507 e. The second-order valence-electron chi connectivity index (χ2n) is 10.4. The van der Waals surface area contributed by atoms with Crippen LogP contribution in [0, 0.1) is 5.82 Å². The monoisotopic (exact) mass is 546 g/mol. The topological polar surface area (TPSA) is 94.1 Å². The number of hydrogen-bond donors (Lipinski definition) is 3. The molecule has 0 aromatic heterocycles. The Kier molecular flexibility index (Phi) is 9.05. The van der Waals surface area contributed by atoms with Gasteiger partial charge in [-0.1, -0.05) is 42.5 Å². The molecule has 8 nitrogen and oxygen atoms in total. The van der Waals surface area contributed by atoms with E-state index in [0.29, 0.717) is 24.3 Å². The van der Waals surface area contributed by atoms with Crippen LogP contribution in [0.2, 0.25) is 0 Å². The van der Waals surface area contributed by atoms with Crippen LogP contribution in [0.4, 0.5) is 4.39 Å². The molecule has 0 saturated carbocycles. The van der Waals surface area contributed by atoms with Gasteiger partial charge in [0.05, 0.1) is 6.04 Å². The van der Waals surface area contributed by atoms with Gasteiger partial charge in [-0.25, -0.2) is 4.39 Å². The minimum atomic E-state index is -0.490.